The van der Waals surface area contributed by atoms with Crippen molar-refractivity contribution in [1.29, 1.82) is 0 Å². The van der Waals surface area contributed by atoms with Crippen LogP contribution in [0.3, 0.4) is 0 Å². The van der Waals surface area contributed by atoms with Crippen LogP contribution in [-0.2, 0) is 5.88 Å². The van der Waals surface area contributed by atoms with Gasteiger partial charge in [0.15, 0.2) is 0 Å². The van der Waals surface area contributed by atoms with E-state index in [0.29, 0.717) is 5.88 Å². The van der Waals surface area contributed by atoms with Crippen molar-refractivity contribution in [2.45, 2.75) is 12.8 Å². The van der Waals surface area contributed by atoms with Crippen molar-refractivity contribution >= 4 is 27.5 Å². The Morgan fingerprint density at radius 2 is 2.17 bits per heavy atom. The van der Waals surface area contributed by atoms with Gasteiger partial charge in [-0.2, -0.15) is 0 Å². The third-order valence-corrected chi connectivity index (χ3v) is 2.68. The standard InChI is InChI=1S/C9H10BrClO/c1-6-3-4-8(10)9(12-2)7(6)5-11/h3-4H,5H2,1-2H3. The Balaban J connectivity index is 3.28. The van der Waals surface area contributed by atoms with Gasteiger partial charge in [0.1, 0.15) is 5.75 Å². The maximum atomic E-state index is 5.79. The molecule has 0 atom stereocenters. The third kappa shape index (κ3) is 1.75. The second-order valence-electron chi connectivity index (χ2n) is 2.51. The van der Waals surface area contributed by atoms with Crippen LogP contribution in [0.2, 0.25) is 0 Å². The van der Waals surface area contributed by atoms with Crippen LogP contribution in [0, 0.1) is 6.92 Å². The molecule has 1 nitrogen and oxygen atoms in total. The van der Waals surface area contributed by atoms with E-state index in [1.54, 1.807) is 7.11 Å². The van der Waals surface area contributed by atoms with Gasteiger partial charge in [-0.25, -0.2) is 0 Å². The van der Waals surface area contributed by atoms with Crippen LogP contribution in [0.4, 0.5) is 0 Å². The minimum absolute atomic E-state index is 0.481. The maximum absolute atomic E-state index is 5.79. The lowest BCUT2D eigenvalue weighted by molar-refractivity contribution is 0.408. The average Bonchev–Trinajstić information content (AvgIpc) is 2.08. The minimum Gasteiger partial charge on any atom is -0.495 e. The normalized spacial score (nSPS) is 10.0. The van der Waals surface area contributed by atoms with Crippen molar-refractivity contribution < 1.29 is 4.74 Å². The lowest BCUT2D eigenvalue weighted by atomic mass is 10.1. The SMILES string of the molecule is COc1c(Br)ccc(C)c1CCl. The summed E-state index contributed by atoms with van der Waals surface area (Å²) in [6.45, 7) is 2.02. The summed E-state index contributed by atoms with van der Waals surface area (Å²) in [5.74, 6) is 1.32. The van der Waals surface area contributed by atoms with E-state index < -0.39 is 0 Å². The van der Waals surface area contributed by atoms with E-state index in [4.69, 9.17) is 16.3 Å². The Morgan fingerprint density at radius 1 is 1.50 bits per heavy atom. The minimum atomic E-state index is 0.481. The van der Waals surface area contributed by atoms with Crippen LogP contribution in [0.1, 0.15) is 11.1 Å². The van der Waals surface area contributed by atoms with Crippen LogP contribution in [0.5, 0.6) is 5.75 Å². The smallest absolute Gasteiger partial charge is 0.137 e. The van der Waals surface area contributed by atoms with Crippen molar-refractivity contribution in [3.63, 3.8) is 0 Å². The zero-order valence-electron chi connectivity index (χ0n) is 7.03. The first kappa shape index (κ1) is 9.87. The Kier molecular flexibility index (Phi) is 3.41. The molecule has 0 N–H and O–H groups in total. The van der Waals surface area contributed by atoms with Crippen molar-refractivity contribution in [1.82, 2.24) is 0 Å². The molecule has 0 aromatic heterocycles. The Bertz CT molecular complexity index is 257. The lowest BCUT2D eigenvalue weighted by Gasteiger charge is -2.10. The maximum Gasteiger partial charge on any atom is 0.137 e. The van der Waals surface area contributed by atoms with Crippen molar-refractivity contribution in [2.75, 3.05) is 7.11 Å². The molecule has 0 spiro atoms. The molecule has 0 saturated heterocycles. The van der Waals surface area contributed by atoms with E-state index in [-0.39, 0.29) is 0 Å². The summed E-state index contributed by atoms with van der Waals surface area (Å²) in [5, 5.41) is 0. The van der Waals surface area contributed by atoms with Gasteiger partial charge in [0.2, 0.25) is 0 Å². The number of hydrogen-bond acceptors (Lipinski definition) is 1. The number of ether oxygens (including phenoxy) is 1. The third-order valence-electron chi connectivity index (χ3n) is 1.78. The number of benzene rings is 1. The fourth-order valence-electron chi connectivity index (χ4n) is 1.08. The zero-order chi connectivity index (χ0) is 9.14. The van der Waals surface area contributed by atoms with Gasteiger partial charge < -0.3 is 4.74 Å². The molecule has 0 saturated carbocycles. The monoisotopic (exact) mass is 248 g/mol. The number of methoxy groups -OCH3 is 1. The molecule has 1 aromatic carbocycles. The van der Waals surface area contributed by atoms with E-state index in [2.05, 4.69) is 15.9 Å². The van der Waals surface area contributed by atoms with Gasteiger partial charge in [0.05, 0.1) is 17.5 Å². The van der Waals surface area contributed by atoms with Crippen LogP contribution in [-0.4, -0.2) is 7.11 Å². The van der Waals surface area contributed by atoms with Gasteiger partial charge in [-0.1, -0.05) is 6.07 Å². The predicted octanol–water partition coefficient (Wildman–Crippen LogP) is 3.50. The number of halogens is 2. The highest BCUT2D eigenvalue weighted by Gasteiger charge is 2.08. The molecule has 0 aliphatic carbocycles. The molecular weight excluding hydrogens is 239 g/mol. The summed E-state index contributed by atoms with van der Waals surface area (Å²) in [4.78, 5) is 0. The van der Waals surface area contributed by atoms with Crippen LogP contribution < -0.4 is 4.74 Å². The van der Waals surface area contributed by atoms with Gasteiger partial charge in [0.25, 0.3) is 0 Å². The van der Waals surface area contributed by atoms with Gasteiger partial charge >= 0.3 is 0 Å². The first-order chi connectivity index (χ1) is 5.70. The number of rotatable bonds is 2. The van der Waals surface area contributed by atoms with Crippen molar-refractivity contribution in [3.05, 3.63) is 27.7 Å². The molecule has 0 aliphatic rings. The molecule has 0 aliphatic heterocycles. The van der Waals surface area contributed by atoms with Gasteiger partial charge in [-0.3, -0.25) is 0 Å². The summed E-state index contributed by atoms with van der Waals surface area (Å²) in [6, 6.07) is 3.98. The quantitative estimate of drug-likeness (QED) is 0.729. The molecule has 0 bridgehead atoms. The van der Waals surface area contributed by atoms with Gasteiger partial charge in [-0.15, -0.1) is 11.6 Å². The molecule has 12 heavy (non-hydrogen) atoms. The Hall–Kier alpha value is -0.210. The average molecular weight is 250 g/mol. The van der Waals surface area contributed by atoms with E-state index in [1.165, 1.54) is 0 Å². The molecule has 0 fully saturated rings. The molecule has 1 rings (SSSR count). The molecule has 1 aromatic rings. The van der Waals surface area contributed by atoms with Crippen LogP contribution in [0.15, 0.2) is 16.6 Å². The second kappa shape index (κ2) is 4.15. The summed E-state index contributed by atoms with van der Waals surface area (Å²) in [7, 11) is 1.65. The lowest BCUT2D eigenvalue weighted by Crippen LogP contribution is -1.93. The zero-order valence-corrected chi connectivity index (χ0v) is 9.37. The molecular formula is C9H10BrClO. The molecule has 0 unspecified atom stereocenters. The topological polar surface area (TPSA) is 9.23 Å². The summed E-state index contributed by atoms with van der Waals surface area (Å²) >= 11 is 9.19. The van der Waals surface area contributed by atoms with Crippen molar-refractivity contribution in [2.24, 2.45) is 0 Å². The largest absolute Gasteiger partial charge is 0.495 e. The van der Waals surface area contributed by atoms with E-state index >= 15 is 0 Å². The highest BCUT2D eigenvalue weighted by Crippen LogP contribution is 2.32. The highest BCUT2D eigenvalue weighted by molar-refractivity contribution is 9.10. The van der Waals surface area contributed by atoms with E-state index in [0.717, 1.165) is 21.3 Å². The van der Waals surface area contributed by atoms with Crippen LogP contribution >= 0.6 is 27.5 Å². The molecule has 3 heteroatoms. The molecule has 66 valence electrons. The number of aryl methyl sites for hydroxylation is 1. The Morgan fingerprint density at radius 3 is 2.58 bits per heavy atom. The van der Waals surface area contributed by atoms with Crippen molar-refractivity contribution in [3.8, 4) is 5.75 Å². The summed E-state index contributed by atoms with van der Waals surface area (Å²) in [5.41, 5.74) is 2.21. The second-order valence-corrected chi connectivity index (χ2v) is 3.63. The fraction of sp³-hybridized carbons (Fsp3) is 0.333. The molecule has 0 radical (unpaired) electrons. The van der Waals surface area contributed by atoms with E-state index in [9.17, 15) is 0 Å². The van der Waals surface area contributed by atoms with Gasteiger partial charge in [-0.05, 0) is 34.5 Å². The number of alkyl halides is 1. The highest BCUT2D eigenvalue weighted by atomic mass is 79.9. The first-order valence-corrected chi connectivity index (χ1v) is 4.91. The Labute approximate surface area is 85.8 Å². The summed E-state index contributed by atoms with van der Waals surface area (Å²) < 4.78 is 6.17. The fourth-order valence-corrected chi connectivity index (χ4v) is 1.95. The van der Waals surface area contributed by atoms with Gasteiger partial charge in [0, 0.05) is 5.56 Å². The summed E-state index contributed by atoms with van der Waals surface area (Å²) in [6.07, 6.45) is 0. The first-order valence-electron chi connectivity index (χ1n) is 3.58. The predicted molar refractivity (Wildman–Crippen MR) is 55.0 cm³/mol. The number of hydrogen-bond donors (Lipinski definition) is 0. The molecule has 0 heterocycles. The van der Waals surface area contributed by atoms with E-state index in [1.807, 2.05) is 19.1 Å². The van der Waals surface area contributed by atoms with Crippen LogP contribution in [0.25, 0.3) is 0 Å². The molecule has 0 amide bonds.